The predicted octanol–water partition coefficient (Wildman–Crippen LogP) is 4.20. The maximum absolute atomic E-state index is 4.68. The van der Waals surface area contributed by atoms with Crippen LogP contribution in [0.5, 0.6) is 0 Å². The summed E-state index contributed by atoms with van der Waals surface area (Å²) in [6.45, 7) is 4.30. The summed E-state index contributed by atoms with van der Waals surface area (Å²) in [4.78, 5) is 6.00. The van der Waals surface area contributed by atoms with E-state index < -0.39 is 0 Å². The largest absolute Gasteiger partial charge is 0.311 e. The zero-order valence-corrected chi connectivity index (χ0v) is 12.6. The van der Waals surface area contributed by atoms with E-state index in [1.807, 2.05) is 18.8 Å². The molecule has 0 saturated heterocycles. The molecule has 0 saturated carbocycles. The molecule has 0 fully saturated rings. The fraction of sp³-hybridized carbons (Fsp3) is 0.357. The zero-order valence-electron chi connectivity index (χ0n) is 10.9. The van der Waals surface area contributed by atoms with Crippen molar-refractivity contribution in [3.8, 4) is 11.3 Å². The molecule has 1 aromatic carbocycles. The lowest BCUT2D eigenvalue weighted by molar-refractivity contribution is 0.648. The topological polar surface area (TPSA) is 24.9 Å². The molecule has 0 bridgehead atoms. The molecule has 0 aliphatic rings. The Labute approximate surface area is 117 Å². The van der Waals surface area contributed by atoms with Crippen LogP contribution in [0, 0.1) is 0 Å². The van der Waals surface area contributed by atoms with Gasteiger partial charge >= 0.3 is 0 Å². The molecule has 18 heavy (non-hydrogen) atoms. The fourth-order valence-electron chi connectivity index (χ4n) is 1.63. The van der Waals surface area contributed by atoms with Crippen LogP contribution < -0.4 is 5.32 Å². The van der Waals surface area contributed by atoms with Crippen molar-refractivity contribution >= 4 is 23.1 Å². The number of nitrogens with one attached hydrogen (secondary N) is 1. The van der Waals surface area contributed by atoms with E-state index in [0.717, 1.165) is 16.5 Å². The molecule has 1 heterocycles. The lowest BCUT2D eigenvalue weighted by Gasteiger charge is -2.04. The summed E-state index contributed by atoms with van der Waals surface area (Å²) in [6, 6.07) is 8.97. The van der Waals surface area contributed by atoms with Crippen LogP contribution in [-0.4, -0.2) is 17.8 Å². The minimum absolute atomic E-state index is 0.318. The van der Waals surface area contributed by atoms with Gasteiger partial charge in [-0.15, -0.1) is 23.1 Å². The second kappa shape index (κ2) is 6.36. The molecule has 0 radical (unpaired) electrons. The van der Waals surface area contributed by atoms with Crippen LogP contribution >= 0.6 is 23.1 Å². The van der Waals surface area contributed by atoms with Crippen molar-refractivity contribution in [2.24, 2.45) is 0 Å². The van der Waals surface area contributed by atoms with Crippen LogP contribution in [0.4, 0.5) is 0 Å². The molecule has 4 heteroatoms. The second-order valence-corrected chi connectivity index (χ2v) is 6.27. The fourth-order valence-corrected chi connectivity index (χ4v) is 3.19. The lowest BCUT2D eigenvalue weighted by Crippen LogP contribution is -2.11. The average molecular weight is 278 g/mol. The number of aromatic nitrogens is 1. The van der Waals surface area contributed by atoms with Gasteiger partial charge in [-0.25, -0.2) is 4.98 Å². The van der Waals surface area contributed by atoms with Crippen molar-refractivity contribution in [3.63, 3.8) is 0 Å². The first-order valence-corrected chi connectivity index (χ1v) is 7.97. The van der Waals surface area contributed by atoms with E-state index in [1.165, 1.54) is 10.5 Å². The highest BCUT2D eigenvalue weighted by Gasteiger charge is 2.09. The van der Waals surface area contributed by atoms with Gasteiger partial charge in [0.05, 0.1) is 11.7 Å². The predicted molar refractivity (Wildman–Crippen MR) is 81.4 cm³/mol. The quantitative estimate of drug-likeness (QED) is 0.830. The standard InChI is InChI=1S/C14H18N2S2/c1-4-17-12-7-5-11(6-8-12)13-9-18-14(16-13)10(2)15-3/h5-10,15H,4H2,1-3H3. The third-order valence-electron chi connectivity index (χ3n) is 2.79. The SMILES string of the molecule is CCSc1ccc(-c2csc(C(C)NC)n2)cc1. The van der Waals surface area contributed by atoms with Gasteiger partial charge in [-0.2, -0.15) is 0 Å². The van der Waals surface area contributed by atoms with E-state index >= 15 is 0 Å². The molecule has 1 N–H and O–H groups in total. The minimum atomic E-state index is 0.318. The normalized spacial score (nSPS) is 12.6. The molecule has 0 amide bonds. The van der Waals surface area contributed by atoms with Gasteiger partial charge in [-0.3, -0.25) is 0 Å². The smallest absolute Gasteiger partial charge is 0.110 e. The van der Waals surface area contributed by atoms with Gasteiger partial charge in [0, 0.05) is 15.8 Å². The summed E-state index contributed by atoms with van der Waals surface area (Å²) < 4.78 is 0. The molecule has 1 unspecified atom stereocenters. The Kier molecular flexibility index (Phi) is 4.80. The summed E-state index contributed by atoms with van der Waals surface area (Å²) in [5.74, 6) is 1.11. The Balaban J connectivity index is 2.18. The van der Waals surface area contributed by atoms with Crippen LogP contribution in [0.1, 0.15) is 24.9 Å². The van der Waals surface area contributed by atoms with Crippen LogP contribution in [0.3, 0.4) is 0 Å². The molecular formula is C14H18N2S2. The Hall–Kier alpha value is -0.840. The number of thiazole rings is 1. The Morgan fingerprint density at radius 3 is 2.67 bits per heavy atom. The first kappa shape index (κ1) is 13.6. The molecule has 2 rings (SSSR count). The summed E-state index contributed by atoms with van der Waals surface area (Å²) in [7, 11) is 1.96. The van der Waals surface area contributed by atoms with E-state index in [1.54, 1.807) is 11.3 Å². The van der Waals surface area contributed by atoms with Crippen molar-refractivity contribution in [3.05, 3.63) is 34.7 Å². The highest BCUT2D eigenvalue weighted by Crippen LogP contribution is 2.27. The minimum Gasteiger partial charge on any atom is -0.311 e. The van der Waals surface area contributed by atoms with Crippen molar-refractivity contribution in [2.75, 3.05) is 12.8 Å². The molecule has 0 aliphatic carbocycles. The Morgan fingerprint density at radius 2 is 2.06 bits per heavy atom. The molecule has 96 valence electrons. The van der Waals surface area contributed by atoms with Gasteiger partial charge in [0.2, 0.25) is 0 Å². The van der Waals surface area contributed by atoms with Gasteiger partial charge < -0.3 is 5.32 Å². The number of hydrogen-bond acceptors (Lipinski definition) is 4. The Morgan fingerprint density at radius 1 is 1.33 bits per heavy atom. The second-order valence-electron chi connectivity index (χ2n) is 4.04. The molecule has 2 aromatic rings. The van der Waals surface area contributed by atoms with E-state index in [0.29, 0.717) is 6.04 Å². The van der Waals surface area contributed by atoms with Crippen LogP contribution in [0.2, 0.25) is 0 Å². The molecule has 0 spiro atoms. The van der Waals surface area contributed by atoms with Crippen molar-refractivity contribution < 1.29 is 0 Å². The first-order valence-electron chi connectivity index (χ1n) is 6.10. The average Bonchev–Trinajstić information content (AvgIpc) is 2.89. The molecular weight excluding hydrogens is 260 g/mol. The molecule has 1 atom stereocenters. The van der Waals surface area contributed by atoms with Gasteiger partial charge in [0.15, 0.2) is 0 Å². The van der Waals surface area contributed by atoms with Crippen LogP contribution in [0.25, 0.3) is 11.3 Å². The van der Waals surface area contributed by atoms with E-state index in [-0.39, 0.29) is 0 Å². The van der Waals surface area contributed by atoms with Gasteiger partial charge in [0.1, 0.15) is 5.01 Å². The third-order valence-corrected chi connectivity index (χ3v) is 4.71. The highest BCUT2D eigenvalue weighted by molar-refractivity contribution is 7.99. The zero-order chi connectivity index (χ0) is 13.0. The van der Waals surface area contributed by atoms with Crippen molar-refractivity contribution in [2.45, 2.75) is 24.8 Å². The summed E-state index contributed by atoms with van der Waals surface area (Å²) >= 11 is 3.58. The molecule has 0 aliphatic heterocycles. The summed E-state index contributed by atoms with van der Waals surface area (Å²) in [6.07, 6.45) is 0. The van der Waals surface area contributed by atoms with Gasteiger partial charge in [-0.05, 0) is 31.9 Å². The number of rotatable bonds is 5. The third kappa shape index (κ3) is 3.13. The van der Waals surface area contributed by atoms with Crippen molar-refractivity contribution in [1.29, 1.82) is 0 Å². The Bertz CT molecular complexity index is 491. The van der Waals surface area contributed by atoms with E-state index in [9.17, 15) is 0 Å². The summed E-state index contributed by atoms with van der Waals surface area (Å²) in [5, 5.41) is 6.48. The molecule has 2 nitrogen and oxygen atoms in total. The number of hydrogen-bond donors (Lipinski definition) is 1. The van der Waals surface area contributed by atoms with Gasteiger partial charge in [0.25, 0.3) is 0 Å². The van der Waals surface area contributed by atoms with Crippen LogP contribution in [-0.2, 0) is 0 Å². The van der Waals surface area contributed by atoms with E-state index in [4.69, 9.17) is 0 Å². The maximum Gasteiger partial charge on any atom is 0.110 e. The lowest BCUT2D eigenvalue weighted by atomic mass is 10.2. The summed E-state index contributed by atoms with van der Waals surface area (Å²) in [5.41, 5.74) is 2.27. The van der Waals surface area contributed by atoms with Crippen molar-refractivity contribution in [1.82, 2.24) is 10.3 Å². The molecule has 1 aromatic heterocycles. The first-order chi connectivity index (χ1) is 8.74. The van der Waals surface area contributed by atoms with Crippen LogP contribution in [0.15, 0.2) is 34.5 Å². The van der Waals surface area contributed by atoms with Gasteiger partial charge in [-0.1, -0.05) is 19.1 Å². The number of benzene rings is 1. The van der Waals surface area contributed by atoms with E-state index in [2.05, 4.69) is 53.8 Å². The number of thioether (sulfide) groups is 1. The highest BCUT2D eigenvalue weighted by atomic mass is 32.2. The monoisotopic (exact) mass is 278 g/mol. The maximum atomic E-state index is 4.68. The number of nitrogens with zero attached hydrogens (tertiary/aromatic N) is 1.